The number of carbonyl (C=O) groups is 2. The summed E-state index contributed by atoms with van der Waals surface area (Å²) in [6, 6.07) is 2.91. The van der Waals surface area contributed by atoms with Crippen molar-refractivity contribution in [3.8, 4) is 0 Å². The highest BCUT2D eigenvalue weighted by Crippen LogP contribution is 2.37. The minimum atomic E-state index is -1.11. The summed E-state index contributed by atoms with van der Waals surface area (Å²) in [5.41, 5.74) is -0.226. The quantitative estimate of drug-likeness (QED) is 0.785. The largest absolute Gasteiger partial charge is 0.495 e. The summed E-state index contributed by atoms with van der Waals surface area (Å²) in [5, 5.41) is 12.1. The van der Waals surface area contributed by atoms with Crippen LogP contribution in [-0.2, 0) is 14.0 Å². The van der Waals surface area contributed by atoms with Gasteiger partial charge < -0.3 is 19.2 Å². The summed E-state index contributed by atoms with van der Waals surface area (Å²) in [4.78, 5) is 23.7. The van der Waals surface area contributed by atoms with E-state index in [4.69, 9.17) is 14.0 Å². The molecule has 0 aromatic heterocycles. The lowest BCUT2D eigenvalue weighted by Gasteiger charge is -2.32. The maximum Gasteiger partial charge on any atom is 0.495 e. The van der Waals surface area contributed by atoms with Gasteiger partial charge in [-0.1, -0.05) is 0 Å². The monoisotopic (exact) mass is 377 g/mol. The molecule has 0 radical (unpaired) electrons. The molecule has 0 bridgehead atoms. The number of benzene rings is 1. The van der Waals surface area contributed by atoms with Gasteiger partial charge in [-0.2, -0.15) is 0 Å². The van der Waals surface area contributed by atoms with Crippen LogP contribution in [0.15, 0.2) is 12.1 Å². The highest BCUT2D eigenvalue weighted by Gasteiger charge is 2.52. The van der Waals surface area contributed by atoms with Crippen molar-refractivity contribution < 1.29 is 28.7 Å². The third-order valence-corrected chi connectivity index (χ3v) is 4.84. The molecule has 2 rings (SSSR count). The number of carbonyl (C=O) groups excluding carboxylic acids is 1. The van der Waals surface area contributed by atoms with E-state index >= 15 is 0 Å². The molecule has 1 fully saturated rings. The molecule has 1 amide bonds. The fourth-order valence-corrected chi connectivity index (χ4v) is 2.62. The van der Waals surface area contributed by atoms with Crippen LogP contribution in [0.25, 0.3) is 0 Å². The lowest BCUT2D eigenvalue weighted by Crippen LogP contribution is -2.41. The van der Waals surface area contributed by atoms with E-state index in [2.05, 4.69) is 5.32 Å². The lowest BCUT2D eigenvalue weighted by atomic mass is 9.75. The maximum atomic E-state index is 12.2. The average molecular weight is 377 g/mol. The van der Waals surface area contributed by atoms with Crippen molar-refractivity contribution in [3.05, 3.63) is 23.3 Å². The number of rotatable bonds is 3. The topological polar surface area (TPSA) is 94.1 Å². The molecule has 0 spiro atoms. The van der Waals surface area contributed by atoms with Gasteiger partial charge in [-0.05, 0) is 78.5 Å². The van der Waals surface area contributed by atoms with Crippen LogP contribution in [0.1, 0.15) is 64.4 Å². The van der Waals surface area contributed by atoms with Crippen molar-refractivity contribution in [2.45, 2.75) is 72.2 Å². The first-order valence-electron chi connectivity index (χ1n) is 8.86. The Morgan fingerprint density at radius 2 is 1.63 bits per heavy atom. The van der Waals surface area contributed by atoms with Gasteiger partial charge in [-0.3, -0.25) is 5.32 Å². The minimum absolute atomic E-state index is 0.0244. The van der Waals surface area contributed by atoms with Crippen LogP contribution in [0, 0.1) is 6.92 Å². The standard InChI is InChI=1S/C19H28BNO6/c1-11-13(20-26-18(5,6)19(7,8)27-20)9-12(15(22)23)10-14(11)21-16(24)25-17(2,3)4/h9-10H,1-8H3,(H,21,24)(H,22,23). The van der Waals surface area contributed by atoms with Crippen molar-refractivity contribution >= 4 is 30.3 Å². The lowest BCUT2D eigenvalue weighted by molar-refractivity contribution is 0.00578. The van der Waals surface area contributed by atoms with Crippen molar-refractivity contribution in [1.82, 2.24) is 0 Å². The number of ether oxygens (including phenoxy) is 1. The summed E-state index contributed by atoms with van der Waals surface area (Å²) in [6.45, 7) is 14.7. The van der Waals surface area contributed by atoms with Crippen molar-refractivity contribution in [2.24, 2.45) is 0 Å². The zero-order valence-corrected chi connectivity index (χ0v) is 17.2. The summed E-state index contributed by atoms with van der Waals surface area (Å²) < 4.78 is 17.4. The molecule has 0 unspecified atom stereocenters. The van der Waals surface area contributed by atoms with Gasteiger partial charge in [0, 0.05) is 5.69 Å². The molecule has 1 aliphatic heterocycles. The molecule has 1 saturated heterocycles. The molecular formula is C19H28BNO6. The molecule has 7 nitrogen and oxygen atoms in total. The fraction of sp³-hybridized carbons (Fsp3) is 0.579. The van der Waals surface area contributed by atoms with Gasteiger partial charge in [0.1, 0.15) is 5.60 Å². The first kappa shape index (κ1) is 21.2. The Morgan fingerprint density at radius 1 is 1.11 bits per heavy atom. The van der Waals surface area contributed by atoms with Gasteiger partial charge in [0.2, 0.25) is 0 Å². The summed E-state index contributed by atoms with van der Waals surface area (Å²) in [6.07, 6.45) is -0.659. The molecule has 1 aromatic carbocycles. The summed E-state index contributed by atoms with van der Waals surface area (Å²) in [7, 11) is -0.742. The number of aromatic carboxylic acids is 1. The van der Waals surface area contributed by atoms with E-state index in [1.807, 2.05) is 27.7 Å². The Balaban J connectivity index is 2.43. The Labute approximate surface area is 160 Å². The van der Waals surface area contributed by atoms with Crippen LogP contribution in [0.3, 0.4) is 0 Å². The Morgan fingerprint density at radius 3 is 2.07 bits per heavy atom. The number of carboxylic acid groups (broad SMARTS) is 1. The summed E-state index contributed by atoms with van der Waals surface area (Å²) >= 11 is 0. The van der Waals surface area contributed by atoms with E-state index in [1.54, 1.807) is 27.7 Å². The molecular weight excluding hydrogens is 349 g/mol. The van der Waals surface area contributed by atoms with E-state index in [0.717, 1.165) is 0 Å². The Hall–Kier alpha value is -2.06. The minimum Gasteiger partial charge on any atom is -0.478 e. The van der Waals surface area contributed by atoms with E-state index < -0.39 is 36.0 Å². The molecule has 1 aromatic rings. The summed E-state index contributed by atoms with van der Waals surface area (Å²) in [5.74, 6) is -1.11. The van der Waals surface area contributed by atoms with Crippen LogP contribution in [0.2, 0.25) is 0 Å². The molecule has 0 aliphatic carbocycles. The van der Waals surface area contributed by atoms with E-state index in [0.29, 0.717) is 16.7 Å². The van der Waals surface area contributed by atoms with Crippen LogP contribution >= 0.6 is 0 Å². The van der Waals surface area contributed by atoms with E-state index in [1.165, 1.54) is 12.1 Å². The van der Waals surface area contributed by atoms with Crippen LogP contribution in [0.5, 0.6) is 0 Å². The molecule has 1 heterocycles. The average Bonchev–Trinajstić information content (AvgIpc) is 2.67. The third-order valence-electron chi connectivity index (χ3n) is 4.84. The predicted molar refractivity (Wildman–Crippen MR) is 104 cm³/mol. The van der Waals surface area contributed by atoms with Crippen molar-refractivity contribution in [2.75, 3.05) is 5.32 Å². The Kier molecular flexibility index (Phi) is 5.38. The number of carboxylic acids is 1. The number of nitrogens with one attached hydrogen (secondary N) is 1. The van der Waals surface area contributed by atoms with Gasteiger partial charge in [0.25, 0.3) is 0 Å². The highest BCUT2D eigenvalue weighted by atomic mass is 16.7. The Bertz CT molecular complexity index is 750. The van der Waals surface area contributed by atoms with Gasteiger partial charge in [-0.25, -0.2) is 9.59 Å². The molecule has 1 aliphatic rings. The smallest absolute Gasteiger partial charge is 0.478 e. The van der Waals surface area contributed by atoms with Crippen molar-refractivity contribution in [1.29, 1.82) is 0 Å². The molecule has 2 N–H and O–H groups in total. The fourth-order valence-electron chi connectivity index (χ4n) is 2.62. The van der Waals surface area contributed by atoms with Gasteiger partial charge in [0.15, 0.2) is 0 Å². The van der Waals surface area contributed by atoms with Crippen LogP contribution < -0.4 is 10.8 Å². The molecule has 0 atom stereocenters. The highest BCUT2D eigenvalue weighted by molar-refractivity contribution is 6.63. The first-order valence-corrected chi connectivity index (χ1v) is 8.86. The molecule has 27 heavy (non-hydrogen) atoms. The second kappa shape index (κ2) is 6.84. The zero-order chi connectivity index (χ0) is 20.8. The second-order valence-corrected chi connectivity index (χ2v) is 8.76. The second-order valence-electron chi connectivity index (χ2n) is 8.76. The van der Waals surface area contributed by atoms with Gasteiger partial charge >= 0.3 is 19.2 Å². The van der Waals surface area contributed by atoms with Gasteiger partial charge in [-0.15, -0.1) is 0 Å². The van der Waals surface area contributed by atoms with E-state index in [9.17, 15) is 14.7 Å². The van der Waals surface area contributed by atoms with E-state index in [-0.39, 0.29) is 5.56 Å². The molecule has 148 valence electrons. The maximum absolute atomic E-state index is 12.2. The van der Waals surface area contributed by atoms with Gasteiger partial charge in [0.05, 0.1) is 16.8 Å². The number of hydrogen-bond donors (Lipinski definition) is 2. The number of anilines is 1. The predicted octanol–water partition coefficient (Wildman–Crippen LogP) is 3.34. The third kappa shape index (κ3) is 4.62. The number of hydrogen-bond acceptors (Lipinski definition) is 5. The van der Waals surface area contributed by atoms with Crippen molar-refractivity contribution in [3.63, 3.8) is 0 Å². The normalized spacial score (nSPS) is 18.3. The number of amides is 1. The van der Waals surface area contributed by atoms with Crippen LogP contribution in [0.4, 0.5) is 10.5 Å². The molecule has 0 saturated carbocycles. The molecule has 8 heteroatoms. The SMILES string of the molecule is Cc1c(NC(=O)OC(C)(C)C)cc(C(=O)O)cc1B1OC(C)(C)C(C)(C)O1. The zero-order valence-electron chi connectivity index (χ0n) is 17.2. The van der Waals surface area contributed by atoms with Crippen LogP contribution in [-0.4, -0.2) is 41.1 Å². The first-order chi connectivity index (χ1) is 12.1.